The van der Waals surface area contributed by atoms with Gasteiger partial charge in [0.1, 0.15) is 5.82 Å². The molecule has 0 aliphatic heterocycles. The Bertz CT molecular complexity index is 369. The van der Waals surface area contributed by atoms with Crippen molar-refractivity contribution in [3.05, 3.63) is 23.9 Å². The van der Waals surface area contributed by atoms with E-state index in [1.165, 1.54) is 18.4 Å². The van der Waals surface area contributed by atoms with Gasteiger partial charge in [-0.3, -0.25) is 4.90 Å². The van der Waals surface area contributed by atoms with Crippen LogP contribution in [0.1, 0.15) is 59.4 Å². The van der Waals surface area contributed by atoms with Gasteiger partial charge >= 0.3 is 0 Å². The monoisotopic (exact) mass is 291 g/mol. The standard InChI is InChI=1S/C18H33N3/c1-6-11-19-18-10-9-16(12-20-18)14-21(13-15(4)5)17(7-2)8-3/h9-10,12,15,17H,6-8,11,13-14H2,1-5H3,(H,19,20). The molecule has 0 spiro atoms. The van der Waals surface area contributed by atoms with Crippen LogP contribution in [0.4, 0.5) is 5.82 Å². The summed E-state index contributed by atoms with van der Waals surface area (Å²) in [6.07, 6.45) is 5.58. The maximum Gasteiger partial charge on any atom is 0.125 e. The number of hydrogen-bond acceptors (Lipinski definition) is 3. The number of nitrogens with zero attached hydrogens (tertiary/aromatic N) is 2. The third-order valence-corrected chi connectivity index (χ3v) is 3.83. The van der Waals surface area contributed by atoms with E-state index in [9.17, 15) is 0 Å². The van der Waals surface area contributed by atoms with Crippen molar-refractivity contribution in [2.24, 2.45) is 5.92 Å². The van der Waals surface area contributed by atoms with Gasteiger partial charge in [0, 0.05) is 31.9 Å². The zero-order valence-corrected chi connectivity index (χ0v) is 14.5. The SMILES string of the molecule is CCCNc1ccc(CN(CC(C)C)C(CC)CC)cn1. The van der Waals surface area contributed by atoms with Crippen molar-refractivity contribution in [3.8, 4) is 0 Å². The summed E-state index contributed by atoms with van der Waals surface area (Å²) in [5.41, 5.74) is 1.31. The fourth-order valence-electron chi connectivity index (χ4n) is 2.73. The second-order valence-corrected chi connectivity index (χ2v) is 6.27. The van der Waals surface area contributed by atoms with Gasteiger partial charge in [-0.1, -0.05) is 40.7 Å². The zero-order chi connectivity index (χ0) is 15.7. The molecule has 1 rings (SSSR count). The normalized spacial score (nSPS) is 11.6. The number of pyridine rings is 1. The molecule has 0 unspecified atom stereocenters. The number of aromatic nitrogens is 1. The molecule has 1 aromatic rings. The van der Waals surface area contributed by atoms with Crippen LogP contribution in [-0.4, -0.2) is 29.0 Å². The molecule has 0 aromatic carbocycles. The van der Waals surface area contributed by atoms with Crippen LogP contribution in [0.5, 0.6) is 0 Å². The molecule has 0 aliphatic rings. The van der Waals surface area contributed by atoms with Gasteiger partial charge in [-0.05, 0) is 36.8 Å². The largest absolute Gasteiger partial charge is 0.370 e. The van der Waals surface area contributed by atoms with E-state index in [0.717, 1.165) is 31.9 Å². The van der Waals surface area contributed by atoms with E-state index >= 15 is 0 Å². The number of anilines is 1. The molecule has 0 bridgehead atoms. The zero-order valence-electron chi connectivity index (χ0n) is 14.5. The van der Waals surface area contributed by atoms with Gasteiger partial charge in [0.05, 0.1) is 0 Å². The van der Waals surface area contributed by atoms with Crippen molar-refractivity contribution in [1.29, 1.82) is 0 Å². The summed E-state index contributed by atoms with van der Waals surface area (Å²) in [7, 11) is 0. The molecule has 0 amide bonds. The molecule has 0 atom stereocenters. The van der Waals surface area contributed by atoms with Crippen molar-refractivity contribution < 1.29 is 0 Å². The summed E-state index contributed by atoms with van der Waals surface area (Å²) in [4.78, 5) is 7.13. The first kappa shape index (κ1) is 18.0. The third-order valence-electron chi connectivity index (χ3n) is 3.83. The highest BCUT2D eigenvalue weighted by molar-refractivity contribution is 5.35. The van der Waals surface area contributed by atoms with Crippen LogP contribution in [0.15, 0.2) is 18.3 Å². The number of hydrogen-bond donors (Lipinski definition) is 1. The maximum atomic E-state index is 4.52. The van der Waals surface area contributed by atoms with Crippen LogP contribution < -0.4 is 5.32 Å². The molecular weight excluding hydrogens is 258 g/mol. The lowest BCUT2D eigenvalue weighted by atomic mass is 10.1. The molecule has 3 nitrogen and oxygen atoms in total. The predicted octanol–water partition coefficient (Wildman–Crippen LogP) is 4.55. The molecule has 0 aliphatic carbocycles. The second-order valence-electron chi connectivity index (χ2n) is 6.27. The lowest BCUT2D eigenvalue weighted by Gasteiger charge is -2.32. The molecule has 1 N–H and O–H groups in total. The second kappa shape index (κ2) is 9.78. The quantitative estimate of drug-likeness (QED) is 0.685. The smallest absolute Gasteiger partial charge is 0.125 e. The highest BCUT2D eigenvalue weighted by Gasteiger charge is 2.16. The van der Waals surface area contributed by atoms with Crippen LogP contribution >= 0.6 is 0 Å². The topological polar surface area (TPSA) is 28.2 Å². The van der Waals surface area contributed by atoms with Gasteiger partial charge in [0.2, 0.25) is 0 Å². The minimum absolute atomic E-state index is 0.672. The van der Waals surface area contributed by atoms with Crippen LogP contribution in [0, 0.1) is 5.92 Å². The van der Waals surface area contributed by atoms with E-state index in [4.69, 9.17) is 0 Å². The van der Waals surface area contributed by atoms with Crippen molar-refractivity contribution >= 4 is 5.82 Å². The first-order valence-corrected chi connectivity index (χ1v) is 8.53. The van der Waals surface area contributed by atoms with Crippen LogP contribution in [0.25, 0.3) is 0 Å². The van der Waals surface area contributed by atoms with Gasteiger partial charge < -0.3 is 5.32 Å². The number of nitrogens with one attached hydrogen (secondary N) is 1. The Morgan fingerprint density at radius 3 is 2.33 bits per heavy atom. The summed E-state index contributed by atoms with van der Waals surface area (Å²) < 4.78 is 0. The molecule has 1 aromatic heterocycles. The van der Waals surface area contributed by atoms with Crippen LogP contribution in [0.3, 0.4) is 0 Å². The fourth-order valence-corrected chi connectivity index (χ4v) is 2.73. The van der Waals surface area contributed by atoms with Crippen LogP contribution in [-0.2, 0) is 6.54 Å². The Morgan fingerprint density at radius 1 is 1.14 bits per heavy atom. The molecule has 0 fully saturated rings. The van der Waals surface area contributed by atoms with Gasteiger partial charge in [-0.25, -0.2) is 4.98 Å². The Kier molecular flexibility index (Phi) is 8.36. The van der Waals surface area contributed by atoms with E-state index in [2.05, 4.69) is 62.0 Å². The van der Waals surface area contributed by atoms with Gasteiger partial charge in [0.15, 0.2) is 0 Å². The van der Waals surface area contributed by atoms with E-state index < -0.39 is 0 Å². The molecule has 0 saturated carbocycles. The Balaban J connectivity index is 2.68. The highest BCUT2D eigenvalue weighted by Crippen LogP contribution is 2.16. The van der Waals surface area contributed by atoms with Gasteiger partial charge in [-0.2, -0.15) is 0 Å². The minimum atomic E-state index is 0.672. The third kappa shape index (κ3) is 6.47. The van der Waals surface area contributed by atoms with Crippen molar-refractivity contribution in [1.82, 2.24) is 9.88 Å². The molecular formula is C18H33N3. The summed E-state index contributed by atoms with van der Waals surface area (Å²) in [6.45, 7) is 14.5. The van der Waals surface area contributed by atoms with Crippen LogP contribution in [0.2, 0.25) is 0 Å². The highest BCUT2D eigenvalue weighted by atomic mass is 15.2. The summed E-state index contributed by atoms with van der Waals surface area (Å²) in [5.74, 6) is 1.68. The molecule has 21 heavy (non-hydrogen) atoms. The fraction of sp³-hybridized carbons (Fsp3) is 0.722. The maximum absolute atomic E-state index is 4.52. The van der Waals surface area contributed by atoms with Gasteiger partial charge in [-0.15, -0.1) is 0 Å². The minimum Gasteiger partial charge on any atom is -0.370 e. The summed E-state index contributed by atoms with van der Waals surface area (Å²) >= 11 is 0. The van der Waals surface area contributed by atoms with Crippen molar-refractivity contribution in [3.63, 3.8) is 0 Å². The number of rotatable bonds is 10. The first-order valence-electron chi connectivity index (χ1n) is 8.53. The Morgan fingerprint density at radius 2 is 1.86 bits per heavy atom. The van der Waals surface area contributed by atoms with E-state index in [1.54, 1.807) is 0 Å². The molecule has 3 heteroatoms. The summed E-state index contributed by atoms with van der Waals surface area (Å²) in [5, 5.41) is 3.33. The summed E-state index contributed by atoms with van der Waals surface area (Å²) in [6, 6.07) is 4.98. The Labute approximate surface area is 131 Å². The molecule has 120 valence electrons. The average molecular weight is 291 g/mol. The lowest BCUT2D eigenvalue weighted by Crippen LogP contribution is -2.36. The first-order chi connectivity index (χ1) is 10.1. The average Bonchev–Trinajstić information content (AvgIpc) is 2.47. The molecule has 0 radical (unpaired) electrons. The van der Waals surface area contributed by atoms with E-state index in [1.807, 2.05) is 6.20 Å². The van der Waals surface area contributed by atoms with Crippen molar-refractivity contribution in [2.45, 2.75) is 66.5 Å². The molecule has 0 saturated heterocycles. The predicted molar refractivity (Wildman–Crippen MR) is 92.6 cm³/mol. The Hall–Kier alpha value is -1.09. The van der Waals surface area contributed by atoms with Gasteiger partial charge in [0.25, 0.3) is 0 Å². The van der Waals surface area contributed by atoms with Crippen molar-refractivity contribution in [2.75, 3.05) is 18.4 Å². The lowest BCUT2D eigenvalue weighted by molar-refractivity contribution is 0.157. The molecule has 1 heterocycles. The van der Waals surface area contributed by atoms with E-state index in [0.29, 0.717) is 12.0 Å². The van der Waals surface area contributed by atoms with E-state index in [-0.39, 0.29) is 0 Å².